The maximum absolute atomic E-state index is 12.9. The molecule has 2 N–H and O–H groups in total. The molecule has 0 saturated carbocycles. The first-order valence-corrected chi connectivity index (χ1v) is 7.14. The molecule has 0 aromatic heterocycles. The molecular formula is C14H16ClF3N2. The summed E-state index contributed by atoms with van der Waals surface area (Å²) in [6.45, 7) is 0. The first-order valence-electron chi connectivity index (χ1n) is 6.77. The van der Waals surface area contributed by atoms with E-state index in [0.29, 0.717) is 10.7 Å². The van der Waals surface area contributed by atoms with Crippen LogP contribution in [0.3, 0.4) is 0 Å². The Morgan fingerprint density at radius 3 is 2.30 bits per heavy atom. The highest BCUT2D eigenvalue weighted by Gasteiger charge is 2.41. The van der Waals surface area contributed by atoms with Gasteiger partial charge in [0.25, 0.3) is 0 Å². The van der Waals surface area contributed by atoms with E-state index in [1.165, 1.54) is 12.1 Å². The molecule has 1 aromatic carbocycles. The van der Waals surface area contributed by atoms with Crippen LogP contribution in [-0.4, -0.2) is 18.1 Å². The van der Waals surface area contributed by atoms with Crippen LogP contribution in [0.5, 0.6) is 0 Å². The molecule has 2 bridgehead atoms. The smallest absolute Gasteiger partial charge is 0.364 e. The lowest BCUT2D eigenvalue weighted by Gasteiger charge is -2.40. The molecule has 0 amide bonds. The van der Waals surface area contributed by atoms with Crippen LogP contribution in [0.1, 0.15) is 31.2 Å². The SMILES string of the molecule is NC1CC2CCC(C1)N2c1cc(C(F)(F)F)ccc1Cl. The molecule has 6 heteroatoms. The zero-order valence-electron chi connectivity index (χ0n) is 10.8. The molecule has 0 spiro atoms. The minimum absolute atomic E-state index is 0.147. The summed E-state index contributed by atoms with van der Waals surface area (Å²) < 4.78 is 38.6. The molecule has 2 fully saturated rings. The predicted molar refractivity (Wildman–Crippen MR) is 73.0 cm³/mol. The van der Waals surface area contributed by atoms with Gasteiger partial charge in [-0.1, -0.05) is 11.6 Å². The van der Waals surface area contributed by atoms with E-state index < -0.39 is 11.7 Å². The largest absolute Gasteiger partial charge is 0.416 e. The highest BCUT2D eigenvalue weighted by molar-refractivity contribution is 6.33. The molecule has 110 valence electrons. The van der Waals surface area contributed by atoms with Crippen molar-refractivity contribution in [3.63, 3.8) is 0 Å². The van der Waals surface area contributed by atoms with Crippen molar-refractivity contribution >= 4 is 17.3 Å². The van der Waals surface area contributed by atoms with Gasteiger partial charge in [-0.3, -0.25) is 0 Å². The van der Waals surface area contributed by atoms with Crippen LogP contribution < -0.4 is 10.6 Å². The summed E-state index contributed by atoms with van der Waals surface area (Å²) in [7, 11) is 0. The van der Waals surface area contributed by atoms with Gasteiger partial charge in [0.05, 0.1) is 16.3 Å². The maximum Gasteiger partial charge on any atom is 0.416 e. The van der Waals surface area contributed by atoms with E-state index in [1.54, 1.807) is 0 Å². The molecule has 2 saturated heterocycles. The average Bonchev–Trinajstić information content (AvgIpc) is 2.61. The minimum Gasteiger partial charge on any atom is -0.364 e. The molecule has 2 unspecified atom stereocenters. The van der Waals surface area contributed by atoms with Gasteiger partial charge in [-0.25, -0.2) is 0 Å². The Labute approximate surface area is 120 Å². The third-order valence-electron chi connectivity index (χ3n) is 4.32. The van der Waals surface area contributed by atoms with E-state index in [2.05, 4.69) is 4.90 Å². The van der Waals surface area contributed by atoms with Crippen LogP contribution in [0.2, 0.25) is 5.02 Å². The lowest BCUT2D eigenvalue weighted by atomic mass is 9.97. The highest BCUT2D eigenvalue weighted by atomic mass is 35.5. The summed E-state index contributed by atoms with van der Waals surface area (Å²) in [6.07, 6.45) is -0.743. The molecule has 2 atom stereocenters. The Bertz CT molecular complexity index is 504. The Balaban J connectivity index is 1.98. The van der Waals surface area contributed by atoms with E-state index in [1.807, 2.05) is 0 Å². The second-order valence-corrected chi connectivity index (χ2v) is 6.09. The minimum atomic E-state index is -4.34. The van der Waals surface area contributed by atoms with Crippen molar-refractivity contribution in [2.45, 2.75) is 50.0 Å². The summed E-state index contributed by atoms with van der Waals surface area (Å²) in [5, 5.41) is 0.380. The Morgan fingerprint density at radius 1 is 1.15 bits per heavy atom. The standard InChI is InChI=1S/C14H16ClF3N2/c15-12-4-1-8(14(16,17)18)5-13(12)20-10-2-3-11(20)7-9(19)6-10/h1,4-5,9-11H,2-3,6-7,19H2. The quantitative estimate of drug-likeness (QED) is 0.854. The van der Waals surface area contributed by atoms with Gasteiger partial charge in [-0.05, 0) is 43.9 Å². The third kappa shape index (κ3) is 2.37. The van der Waals surface area contributed by atoms with Crippen LogP contribution in [0.25, 0.3) is 0 Å². The van der Waals surface area contributed by atoms with Gasteiger partial charge in [-0.15, -0.1) is 0 Å². The van der Waals surface area contributed by atoms with Crippen LogP contribution in [-0.2, 0) is 6.18 Å². The summed E-state index contributed by atoms with van der Waals surface area (Å²) in [5.41, 5.74) is 5.85. The molecule has 3 rings (SSSR count). The number of benzene rings is 1. The summed E-state index contributed by atoms with van der Waals surface area (Å²) in [5.74, 6) is 0. The normalized spacial score (nSPS) is 29.9. The van der Waals surface area contributed by atoms with Crippen molar-refractivity contribution in [1.29, 1.82) is 0 Å². The fourth-order valence-electron chi connectivity index (χ4n) is 3.50. The summed E-state index contributed by atoms with van der Waals surface area (Å²) in [6, 6.07) is 4.12. The molecular weight excluding hydrogens is 289 g/mol. The van der Waals surface area contributed by atoms with Gasteiger partial charge in [-0.2, -0.15) is 13.2 Å². The van der Waals surface area contributed by atoms with Crippen molar-refractivity contribution in [3.05, 3.63) is 28.8 Å². The number of nitrogens with two attached hydrogens (primary N) is 1. The predicted octanol–water partition coefficient (Wildman–Crippen LogP) is 3.82. The fraction of sp³-hybridized carbons (Fsp3) is 0.571. The number of piperidine rings is 1. The number of nitrogens with zero attached hydrogens (tertiary/aromatic N) is 1. The number of halogens is 4. The second kappa shape index (κ2) is 4.81. The van der Waals surface area contributed by atoms with Crippen LogP contribution in [0, 0.1) is 0 Å². The molecule has 2 heterocycles. The number of fused-ring (bicyclic) bond motifs is 2. The number of alkyl halides is 3. The Hall–Kier alpha value is -0.940. The number of rotatable bonds is 1. The molecule has 2 aliphatic heterocycles. The van der Waals surface area contributed by atoms with Crippen molar-refractivity contribution < 1.29 is 13.2 Å². The lowest BCUT2D eigenvalue weighted by Crippen LogP contribution is -2.47. The van der Waals surface area contributed by atoms with E-state index in [0.717, 1.165) is 31.7 Å². The van der Waals surface area contributed by atoms with Gasteiger partial charge in [0.15, 0.2) is 0 Å². The molecule has 1 aromatic rings. The van der Waals surface area contributed by atoms with Crippen molar-refractivity contribution in [2.24, 2.45) is 5.73 Å². The van der Waals surface area contributed by atoms with E-state index in [-0.39, 0.29) is 18.1 Å². The van der Waals surface area contributed by atoms with Crippen molar-refractivity contribution in [3.8, 4) is 0 Å². The van der Waals surface area contributed by atoms with E-state index in [4.69, 9.17) is 17.3 Å². The van der Waals surface area contributed by atoms with E-state index >= 15 is 0 Å². The highest BCUT2D eigenvalue weighted by Crippen LogP contribution is 2.43. The van der Waals surface area contributed by atoms with Gasteiger partial charge >= 0.3 is 6.18 Å². The number of hydrogen-bond acceptors (Lipinski definition) is 2. The van der Waals surface area contributed by atoms with Gasteiger partial charge < -0.3 is 10.6 Å². The second-order valence-electron chi connectivity index (χ2n) is 5.69. The van der Waals surface area contributed by atoms with Gasteiger partial charge in [0.2, 0.25) is 0 Å². The summed E-state index contributed by atoms with van der Waals surface area (Å²) >= 11 is 6.13. The zero-order valence-corrected chi connectivity index (χ0v) is 11.6. The molecule has 0 aliphatic carbocycles. The third-order valence-corrected chi connectivity index (χ3v) is 4.64. The van der Waals surface area contributed by atoms with Gasteiger partial charge in [0, 0.05) is 18.1 Å². The lowest BCUT2D eigenvalue weighted by molar-refractivity contribution is -0.137. The summed E-state index contributed by atoms with van der Waals surface area (Å²) in [4.78, 5) is 2.06. The van der Waals surface area contributed by atoms with E-state index in [9.17, 15) is 13.2 Å². The Kier molecular flexibility index (Phi) is 3.37. The number of hydrogen-bond donors (Lipinski definition) is 1. The number of anilines is 1. The van der Waals surface area contributed by atoms with Crippen LogP contribution >= 0.6 is 11.6 Å². The first kappa shape index (κ1) is 14.0. The van der Waals surface area contributed by atoms with Gasteiger partial charge in [0.1, 0.15) is 0 Å². The topological polar surface area (TPSA) is 29.3 Å². The fourth-order valence-corrected chi connectivity index (χ4v) is 3.71. The van der Waals surface area contributed by atoms with Crippen LogP contribution in [0.15, 0.2) is 18.2 Å². The van der Waals surface area contributed by atoms with Crippen molar-refractivity contribution in [1.82, 2.24) is 0 Å². The zero-order chi connectivity index (χ0) is 14.5. The average molecular weight is 305 g/mol. The molecule has 2 aliphatic rings. The van der Waals surface area contributed by atoms with Crippen molar-refractivity contribution in [2.75, 3.05) is 4.90 Å². The monoisotopic (exact) mass is 304 g/mol. The first-order chi connectivity index (χ1) is 9.36. The molecule has 20 heavy (non-hydrogen) atoms. The maximum atomic E-state index is 12.9. The van der Waals surface area contributed by atoms with Crippen LogP contribution in [0.4, 0.5) is 18.9 Å². The molecule has 2 nitrogen and oxygen atoms in total. The molecule has 0 radical (unpaired) electrons. The Morgan fingerprint density at radius 2 is 1.75 bits per heavy atom.